The van der Waals surface area contributed by atoms with Gasteiger partial charge in [0.05, 0.1) is 6.54 Å². The summed E-state index contributed by atoms with van der Waals surface area (Å²) in [5.41, 5.74) is 0.956. The Morgan fingerprint density at radius 3 is 2.92 bits per heavy atom. The molecule has 1 unspecified atom stereocenters. The topological polar surface area (TPSA) is 74.5 Å². The van der Waals surface area contributed by atoms with Gasteiger partial charge in [-0.25, -0.2) is 4.79 Å². The Balaban J connectivity index is 1.40. The van der Waals surface area contributed by atoms with Crippen LogP contribution in [0.1, 0.15) is 18.7 Å². The van der Waals surface area contributed by atoms with Gasteiger partial charge in [0.2, 0.25) is 11.7 Å². The smallest absolute Gasteiger partial charge is 0.317 e. The highest BCUT2D eigenvalue weighted by molar-refractivity contribution is 5.76. The summed E-state index contributed by atoms with van der Waals surface area (Å²) in [6, 6.07) is 10.2. The van der Waals surface area contributed by atoms with Gasteiger partial charge in [-0.15, -0.1) is 0 Å². The third-order valence-electron chi connectivity index (χ3n) is 4.67. The molecular formula is C17H21N5O2. The molecule has 4 rings (SSSR count). The van der Waals surface area contributed by atoms with Crippen molar-refractivity contribution in [1.29, 1.82) is 0 Å². The van der Waals surface area contributed by atoms with Gasteiger partial charge in [0.25, 0.3) is 0 Å². The van der Waals surface area contributed by atoms with Crippen LogP contribution >= 0.6 is 0 Å². The molecule has 3 heterocycles. The predicted molar refractivity (Wildman–Crippen MR) is 88.1 cm³/mol. The second kappa shape index (κ2) is 6.60. The van der Waals surface area contributed by atoms with Gasteiger partial charge in [0, 0.05) is 31.2 Å². The Morgan fingerprint density at radius 2 is 2.12 bits per heavy atom. The lowest BCUT2D eigenvalue weighted by Gasteiger charge is -2.36. The Hall–Kier alpha value is -2.41. The van der Waals surface area contributed by atoms with Gasteiger partial charge in [-0.2, -0.15) is 4.98 Å². The molecule has 2 fully saturated rings. The lowest BCUT2D eigenvalue weighted by Crippen LogP contribution is -2.48. The molecule has 2 aliphatic rings. The molecular weight excluding hydrogens is 306 g/mol. The molecule has 1 aromatic carbocycles. The molecule has 0 bridgehead atoms. The average molecular weight is 327 g/mol. The highest BCUT2D eigenvalue weighted by Gasteiger charge is 2.31. The number of nitrogens with zero attached hydrogens (tertiary/aromatic N) is 4. The molecule has 2 aromatic rings. The van der Waals surface area contributed by atoms with Crippen molar-refractivity contribution < 1.29 is 9.32 Å². The molecule has 24 heavy (non-hydrogen) atoms. The summed E-state index contributed by atoms with van der Waals surface area (Å²) < 4.78 is 5.41. The molecule has 126 valence electrons. The van der Waals surface area contributed by atoms with Crippen LogP contribution in [0, 0.1) is 0 Å². The van der Waals surface area contributed by atoms with Crippen molar-refractivity contribution in [3.8, 4) is 11.4 Å². The lowest BCUT2D eigenvalue weighted by molar-refractivity contribution is 0.113. The fraction of sp³-hybridized carbons (Fsp3) is 0.471. The van der Waals surface area contributed by atoms with E-state index in [0.717, 1.165) is 44.6 Å². The summed E-state index contributed by atoms with van der Waals surface area (Å²) >= 11 is 0. The van der Waals surface area contributed by atoms with Gasteiger partial charge in [0.1, 0.15) is 0 Å². The van der Waals surface area contributed by atoms with Crippen LogP contribution in [-0.4, -0.2) is 58.2 Å². The fourth-order valence-electron chi connectivity index (χ4n) is 3.48. The summed E-state index contributed by atoms with van der Waals surface area (Å²) in [6.07, 6.45) is 2.14. The number of hydrogen-bond acceptors (Lipinski definition) is 5. The van der Waals surface area contributed by atoms with Crippen molar-refractivity contribution in [2.75, 3.05) is 26.2 Å². The zero-order valence-corrected chi connectivity index (χ0v) is 13.5. The maximum absolute atomic E-state index is 11.9. The van der Waals surface area contributed by atoms with Crippen LogP contribution in [-0.2, 0) is 6.54 Å². The molecule has 1 atom stereocenters. The summed E-state index contributed by atoms with van der Waals surface area (Å²) in [6.45, 7) is 4.03. The first kappa shape index (κ1) is 15.1. The van der Waals surface area contributed by atoms with Crippen molar-refractivity contribution >= 4 is 6.03 Å². The first-order valence-electron chi connectivity index (χ1n) is 8.44. The van der Waals surface area contributed by atoms with E-state index in [1.807, 2.05) is 35.2 Å². The van der Waals surface area contributed by atoms with Crippen molar-refractivity contribution in [2.24, 2.45) is 0 Å². The largest absolute Gasteiger partial charge is 0.338 e. The van der Waals surface area contributed by atoms with Gasteiger partial charge < -0.3 is 14.7 Å². The molecule has 7 heteroatoms. The number of carbonyl (C=O) groups is 1. The summed E-state index contributed by atoms with van der Waals surface area (Å²) in [7, 11) is 0. The molecule has 1 N–H and O–H groups in total. The van der Waals surface area contributed by atoms with Crippen LogP contribution in [0.25, 0.3) is 11.4 Å². The zero-order chi connectivity index (χ0) is 16.4. The second-order valence-corrected chi connectivity index (χ2v) is 6.33. The summed E-state index contributed by atoms with van der Waals surface area (Å²) in [5, 5.41) is 6.95. The molecule has 2 saturated heterocycles. The van der Waals surface area contributed by atoms with Crippen LogP contribution in [0.3, 0.4) is 0 Å². The number of nitrogens with one attached hydrogen (secondary N) is 1. The Bertz CT molecular complexity index is 702. The maximum Gasteiger partial charge on any atom is 0.317 e. The molecule has 0 radical (unpaired) electrons. The minimum atomic E-state index is 0.0611. The Labute approximate surface area is 140 Å². The molecule has 7 nitrogen and oxygen atoms in total. The van der Waals surface area contributed by atoms with Crippen LogP contribution in [0.15, 0.2) is 34.9 Å². The highest BCUT2D eigenvalue weighted by Crippen LogP contribution is 2.20. The second-order valence-electron chi connectivity index (χ2n) is 6.33. The number of hydrogen-bond donors (Lipinski definition) is 1. The van der Waals surface area contributed by atoms with E-state index in [1.54, 1.807) is 0 Å². The highest BCUT2D eigenvalue weighted by atomic mass is 16.5. The van der Waals surface area contributed by atoms with E-state index in [9.17, 15) is 4.79 Å². The summed E-state index contributed by atoms with van der Waals surface area (Å²) in [4.78, 5) is 20.6. The number of likely N-dealkylation sites (tertiary alicyclic amines) is 1. The van der Waals surface area contributed by atoms with Crippen molar-refractivity contribution in [1.82, 2.24) is 25.3 Å². The van der Waals surface area contributed by atoms with E-state index in [-0.39, 0.29) is 12.1 Å². The molecule has 1 aromatic heterocycles. The van der Waals surface area contributed by atoms with Gasteiger partial charge in [-0.05, 0) is 19.4 Å². The van der Waals surface area contributed by atoms with Crippen LogP contribution in [0.2, 0.25) is 0 Å². The van der Waals surface area contributed by atoms with Crippen molar-refractivity contribution in [3.05, 3.63) is 36.2 Å². The first-order valence-corrected chi connectivity index (χ1v) is 8.44. The number of piperidine rings is 1. The lowest BCUT2D eigenvalue weighted by atomic mass is 10.0. The van der Waals surface area contributed by atoms with Crippen LogP contribution in [0.4, 0.5) is 4.79 Å². The molecule has 2 amide bonds. The van der Waals surface area contributed by atoms with E-state index < -0.39 is 0 Å². The van der Waals surface area contributed by atoms with Gasteiger partial charge in [-0.1, -0.05) is 35.5 Å². The van der Waals surface area contributed by atoms with Gasteiger partial charge in [0.15, 0.2) is 0 Å². The number of urea groups is 1. The minimum absolute atomic E-state index is 0.0611. The minimum Gasteiger partial charge on any atom is -0.338 e. The first-order chi connectivity index (χ1) is 11.8. The fourth-order valence-corrected chi connectivity index (χ4v) is 3.48. The summed E-state index contributed by atoms with van der Waals surface area (Å²) in [5.74, 6) is 1.25. The van der Waals surface area contributed by atoms with Crippen molar-refractivity contribution in [3.63, 3.8) is 0 Å². The van der Waals surface area contributed by atoms with Crippen LogP contribution < -0.4 is 5.32 Å². The number of aromatic nitrogens is 2. The van der Waals surface area contributed by atoms with E-state index >= 15 is 0 Å². The molecule has 2 aliphatic heterocycles. The third kappa shape index (κ3) is 3.12. The number of rotatable bonds is 4. The van der Waals surface area contributed by atoms with E-state index in [1.165, 1.54) is 0 Å². The Kier molecular flexibility index (Phi) is 4.17. The molecule has 0 aliphatic carbocycles. The third-order valence-corrected chi connectivity index (χ3v) is 4.67. The SMILES string of the molecule is O=C1NCCN1C1CCCN(Cc2nc(-c3ccccc3)no2)C1. The number of benzene rings is 1. The van der Waals surface area contributed by atoms with E-state index in [0.29, 0.717) is 18.3 Å². The predicted octanol–water partition coefficient (Wildman–Crippen LogP) is 1.73. The number of carbonyl (C=O) groups excluding carboxylic acids is 1. The zero-order valence-electron chi connectivity index (χ0n) is 13.5. The Morgan fingerprint density at radius 1 is 1.25 bits per heavy atom. The van der Waals surface area contributed by atoms with E-state index in [4.69, 9.17) is 4.52 Å². The van der Waals surface area contributed by atoms with Gasteiger partial charge >= 0.3 is 6.03 Å². The van der Waals surface area contributed by atoms with Crippen LogP contribution in [0.5, 0.6) is 0 Å². The average Bonchev–Trinajstić information content (AvgIpc) is 3.25. The normalized spacial score (nSPS) is 21.9. The van der Waals surface area contributed by atoms with Gasteiger partial charge in [-0.3, -0.25) is 4.90 Å². The number of amides is 2. The molecule has 0 spiro atoms. The maximum atomic E-state index is 11.9. The molecule has 0 saturated carbocycles. The quantitative estimate of drug-likeness (QED) is 0.925. The monoisotopic (exact) mass is 327 g/mol. The standard InChI is InChI=1S/C17H21N5O2/c23-17-18-8-10-22(17)14-7-4-9-21(11-14)12-15-19-16(20-24-15)13-5-2-1-3-6-13/h1-3,5-6,14H,4,7-12H2,(H,18,23). The van der Waals surface area contributed by atoms with E-state index in [2.05, 4.69) is 20.4 Å². The van der Waals surface area contributed by atoms with Crippen molar-refractivity contribution in [2.45, 2.75) is 25.4 Å².